The summed E-state index contributed by atoms with van der Waals surface area (Å²) in [7, 11) is -3.99. The third kappa shape index (κ3) is 2.80. The minimum Gasteiger partial charge on any atom is -0.480 e. The predicted molar refractivity (Wildman–Crippen MR) is 84.2 cm³/mol. The molecule has 3 rings (SSSR count). The van der Waals surface area contributed by atoms with Crippen LogP contribution in [0.3, 0.4) is 0 Å². The van der Waals surface area contributed by atoms with Gasteiger partial charge in [-0.25, -0.2) is 13.2 Å². The molecule has 1 aromatic carbocycles. The molecule has 1 saturated carbocycles. The molecule has 0 aromatic heterocycles. The summed E-state index contributed by atoms with van der Waals surface area (Å²) in [6.45, 7) is 0. The van der Waals surface area contributed by atoms with Crippen LogP contribution in [0.4, 0.5) is 0 Å². The van der Waals surface area contributed by atoms with Gasteiger partial charge in [0.25, 0.3) is 0 Å². The number of hydrogen-bond acceptors (Lipinski definition) is 4. The molecule has 0 amide bonds. The van der Waals surface area contributed by atoms with Crippen LogP contribution in [0.25, 0.3) is 0 Å². The highest BCUT2D eigenvalue weighted by Gasteiger charge is 2.51. The minimum atomic E-state index is -3.99. The lowest BCUT2D eigenvalue weighted by Crippen LogP contribution is -2.46. The number of carboxylic acid groups (broad SMARTS) is 2. The van der Waals surface area contributed by atoms with Gasteiger partial charge in [0.2, 0.25) is 10.0 Å². The zero-order valence-corrected chi connectivity index (χ0v) is 13.8. The highest BCUT2D eigenvalue weighted by Crippen LogP contribution is 2.42. The maximum atomic E-state index is 13.0. The summed E-state index contributed by atoms with van der Waals surface area (Å²) in [6.07, 6.45) is 3.73. The topological polar surface area (TPSA) is 112 Å². The molecule has 2 aliphatic rings. The average Bonchev–Trinajstić information content (AvgIpc) is 2.95. The third-order valence-corrected chi connectivity index (χ3v) is 6.94. The molecule has 0 spiro atoms. The Hall–Kier alpha value is -1.93. The SMILES string of the molecule is O=C(O)c1ccc(S(=O)(=O)N2C(C(=O)O)CC3CCCCC32)cc1. The molecule has 2 fully saturated rings. The molecule has 0 bridgehead atoms. The van der Waals surface area contributed by atoms with Gasteiger partial charge in [-0.3, -0.25) is 4.79 Å². The van der Waals surface area contributed by atoms with Crippen molar-refractivity contribution in [2.45, 2.75) is 49.1 Å². The van der Waals surface area contributed by atoms with Gasteiger partial charge < -0.3 is 10.2 Å². The van der Waals surface area contributed by atoms with Crippen LogP contribution in [0.1, 0.15) is 42.5 Å². The first-order chi connectivity index (χ1) is 11.3. The molecule has 3 atom stereocenters. The van der Waals surface area contributed by atoms with E-state index in [0.717, 1.165) is 23.6 Å². The van der Waals surface area contributed by atoms with E-state index in [0.29, 0.717) is 12.8 Å². The van der Waals surface area contributed by atoms with Crippen molar-refractivity contribution in [3.05, 3.63) is 29.8 Å². The lowest BCUT2D eigenvalue weighted by atomic mass is 9.85. The van der Waals surface area contributed by atoms with Gasteiger partial charge in [0.1, 0.15) is 6.04 Å². The van der Waals surface area contributed by atoms with Crippen LogP contribution in [0, 0.1) is 5.92 Å². The van der Waals surface area contributed by atoms with Crippen molar-refractivity contribution in [2.75, 3.05) is 0 Å². The Balaban J connectivity index is 1.99. The van der Waals surface area contributed by atoms with E-state index in [1.807, 2.05) is 0 Å². The number of carbonyl (C=O) groups is 2. The molecule has 1 heterocycles. The number of hydrogen-bond donors (Lipinski definition) is 2. The molecule has 1 aliphatic heterocycles. The maximum Gasteiger partial charge on any atom is 0.335 e. The lowest BCUT2D eigenvalue weighted by molar-refractivity contribution is -0.141. The number of nitrogens with zero attached hydrogens (tertiary/aromatic N) is 1. The summed E-state index contributed by atoms with van der Waals surface area (Å²) >= 11 is 0. The number of benzene rings is 1. The van der Waals surface area contributed by atoms with E-state index in [4.69, 9.17) is 5.11 Å². The summed E-state index contributed by atoms with van der Waals surface area (Å²) < 4.78 is 27.1. The van der Waals surface area contributed by atoms with Crippen LogP contribution >= 0.6 is 0 Å². The van der Waals surface area contributed by atoms with Crippen molar-refractivity contribution in [1.29, 1.82) is 0 Å². The van der Waals surface area contributed by atoms with Crippen molar-refractivity contribution in [3.63, 3.8) is 0 Å². The Kier molecular flexibility index (Phi) is 4.35. The van der Waals surface area contributed by atoms with Crippen LogP contribution in [-0.4, -0.2) is 47.0 Å². The summed E-state index contributed by atoms with van der Waals surface area (Å²) in [6, 6.07) is 3.56. The number of sulfonamides is 1. The van der Waals surface area contributed by atoms with Gasteiger partial charge in [-0.15, -0.1) is 0 Å². The quantitative estimate of drug-likeness (QED) is 0.853. The van der Waals surface area contributed by atoms with Gasteiger partial charge in [-0.2, -0.15) is 4.31 Å². The average molecular weight is 353 g/mol. The molecule has 1 aliphatic carbocycles. The van der Waals surface area contributed by atoms with E-state index in [9.17, 15) is 23.1 Å². The van der Waals surface area contributed by atoms with Crippen molar-refractivity contribution in [3.8, 4) is 0 Å². The van der Waals surface area contributed by atoms with Crippen LogP contribution in [0.5, 0.6) is 0 Å². The Labute approximate surface area is 140 Å². The van der Waals surface area contributed by atoms with Crippen LogP contribution in [-0.2, 0) is 14.8 Å². The molecule has 130 valence electrons. The molecule has 8 heteroatoms. The second kappa shape index (κ2) is 6.18. The highest BCUT2D eigenvalue weighted by molar-refractivity contribution is 7.89. The fourth-order valence-corrected chi connectivity index (χ4v) is 5.74. The Morgan fingerprint density at radius 1 is 1.04 bits per heavy atom. The summed E-state index contributed by atoms with van der Waals surface area (Å²) in [5.74, 6) is -2.20. The molecule has 7 nitrogen and oxygen atoms in total. The summed E-state index contributed by atoms with van der Waals surface area (Å²) in [5, 5.41) is 18.4. The van der Waals surface area contributed by atoms with Gasteiger partial charge in [-0.05, 0) is 49.4 Å². The first-order valence-electron chi connectivity index (χ1n) is 7.92. The van der Waals surface area contributed by atoms with E-state index in [-0.39, 0.29) is 22.4 Å². The predicted octanol–water partition coefficient (Wildman–Crippen LogP) is 1.79. The van der Waals surface area contributed by atoms with Crippen LogP contribution in [0.15, 0.2) is 29.2 Å². The number of rotatable bonds is 4. The van der Waals surface area contributed by atoms with E-state index in [1.165, 1.54) is 24.3 Å². The van der Waals surface area contributed by atoms with E-state index in [1.54, 1.807) is 0 Å². The van der Waals surface area contributed by atoms with Crippen LogP contribution < -0.4 is 0 Å². The zero-order valence-electron chi connectivity index (χ0n) is 13.0. The van der Waals surface area contributed by atoms with Gasteiger partial charge in [0, 0.05) is 6.04 Å². The second-order valence-electron chi connectivity index (χ2n) is 6.37. The molecular weight excluding hydrogens is 334 g/mol. The number of fused-ring (bicyclic) bond motifs is 1. The standard InChI is InChI=1S/C16H19NO6S/c18-15(19)10-5-7-12(8-6-10)24(22,23)17-13-4-2-1-3-11(13)9-14(17)16(20)21/h5-8,11,13-14H,1-4,9H2,(H,18,19)(H,20,21). The number of aliphatic carboxylic acids is 1. The first-order valence-corrected chi connectivity index (χ1v) is 9.36. The lowest BCUT2D eigenvalue weighted by Gasteiger charge is -2.32. The first kappa shape index (κ1) is 16.9. The van der Waals surface area contributed by atoms with E-state index >= 15 is 0 Å². The maximum absolute atomic E-state index is 13.0. The van der Waals surface area contributed by atoms with Crippen LogP contribution in [0.2, 0.25) is 0 Å². The van der Waals surface area contributed by atoms with Gasteiger partial charge in [-0.1, -0.05) is 12.8 Å². The highest BCUT2D eigenvalue weighted by atomic mass is 32.2. The van der Waals surface area contributed by atoms with E-state index < -0.39 is 28.0 Å². The van der Waals surface area contributed by atoms with E-state index in [2.05, 4.69) is 0 Å². The normalized spacial score (nSPS) is 27.6. The summed E-state index contributed by atoms with van der Waals surface area (Å²) in [5.41, 5.74) is -0.0132. The van der Waals surface area contributed by atoms with Gasteiger partial charge >= 0.3 is 11.9 Å². The van der Waals surface area contributed by atoms with Crippen molar-refractivity contribution >= 4 is 22.0 Å². The van der Waals surface area contributed by atoms with Gasteiger partial charge in [0.15, 0.2) is 0 Å². The van der Waals surface area contributed by atoms with Crippen molar-refractivity contribution < 1.29 is 28.2 Å². The monoisotopic (exact) mass is 353 g/mol. The zero-order chi connectivity index (χ0) is 17.5. The smallest absolute Gasteiger partial charge is 0.335 e. The molecule has 24 heavy (non-hydrogen) atoms. The Morgan fingerprint density at radius 3 is 2.25 bits per heavy atom. The fraction of sp³-hybridized carbons (Fsp3) is 0.500. The fourth-order valence-electron chi connectivity index (χ4n) is 3.87. The molecular formula is C16H19NO6S. The molecule has 1 aromatic rings. The summed E-state index contributed by atoms with van der Waals surface area (Å²) in [4.78, 5) is 22.4. The largest absolute Gasteiger partial charge is 0.480 e. The number of aromatic carboxylic acids is 1. The molecule has 0 radical (unpaired) electrons. The Morgan fingerprint density at radius 2 is 1.67 bits per heavy atom. The second-order valence-corrected chi connectivity index (χ2v) is 8.21. The van der Waals surface area contributed by atoms with Gasteiger partial charge in [0.05, 0.1) is 10.5 Å². The van der Waals surface area contributed by atoms with Crippen molar-refractivity contribution in [1.82, 2.24) is 4.31 Å². The number of carboxylic acids is 2. The molecule has 1 saturated heterocycles. The Bertz CT molecular complexity index is 757. The van der Waals surface area contributed by atoms with Crippen molar-refractivity contribution in [2.24, 2.45) is 5.92 Å². The molecule has 2 N–H and O–H groups in total. The molecule has 3 unspecified atom stereocenters. The third-order valence-electron chi connectivity index (χ3n) is 4.99. The minimum absolute atomic E-state index is 0.0132.